The van der Waals surface area contributed by atoms with Gasteiger partial charge in [-0.2, -0.15) is 0 Å². The first kappa shape index (κ1) is 21.9. The highest BCUT2D eigenvalue weighted by atomic mass is 32.1. The summed E-state index contributed by atoms with van der Waals surface area (Å²) < 4.78 is 17.2. The number of hydrogen-bond acceptors (Lipinski definition) is 9. The highest BCUT2D eigenvalue weighted by Crippen LogP contribution is 2.42. The number of aromatic nitrogens is 1. The molecule has 0 radical (unpaired) electrons. The van der Waals surface area contributed by atoms with Crippen molar-refractivity contribution in [2.24, 2.45) is 0 Å². The van der Waals surface area contributed by atoms with Crippen molar-refractivity contribution in [1.82, 2.24) is 9.88 Å². The molecule has 9 heteroatoms. The SMILES string of the molecule is CCCN1CCc2c(sc(Nc3nc4c(OC)cc(OC)cc4s3)c2C(=O)OCC)C1. The van der Waals surface area contributed by atoms with Crippen LogP contribution in [0.1, 0.15) is 41.1 Å². The van der Waals surface area contributed by atoms with Gasteiger partial charge in [0.2, 0.25) is 0 Å². The second-order valence-corrected chi connectivity index (χ2v) is 9.41. The van der Waals surface area contributed by atoms with Gasteiger partial charge in [0.1, 0.15) is 22.0 Å². The van der Waals surface area contributed by atoms with E-state index in [0.717, 1.165) is 59.0 Å². The molecule has 1 aliphatic heterocycles. The molecule has 4 rings (SSSR count). The average molecular weight is 462 g/mol. The number of hydrogen-bond donors (Lipinski definition) is 1. The number of carbonyl (C=O) groups is 1. The van der Waals surface area contributed by atoms with Gasteiger partial charge < -0.3 is 19.5 Å². The van der Waals surface area contributed by atoms with E-state index in [4.69, 9.17) is 19.2 Å². The monoisotopic (exact) mass is 461 g/mol. The first-order chi connectivity index (χ1) is 15.1. The first-order valence-electron chi connectivity index (χ1n) is 10.4. The zero-order valence-corrected chi connectivity index (χ0v) is 19.9. The largest absolute Gasteiger partial charge is 0.497 e. The van der Waals surface area contributed by atoms with Crippen LogP contribution in [0.5, 0.6) is 11.5 Å². The number of carbonyl (C=O) groups excluding carboxylic acids is 1. The number of benzene rings is 1. The van der Waals surface area contributed by atoms with Gasteiger partial charge in [-0.05, 0) is 37.9 Å². The summed E-state index contributed by atoms with van der Waals surface area (Å²) in [5.74, 6) is 1.10. The van der Waals surface area contributed by atoms with Crippen LogP contribution in [0, 0.1) is 0 Å². The van der Waals surface area contributed by atoms with Crippen molar-refractivity contribution in [3.05, 3.63) is 28.1 Å². The number of nitrogens with one attached hydrogen (secondary N) is 1. The Morgan fingerprint density at radius 3 is 2.77 bits per heavy atom. The number of thiophene rings is 1. The van der Waals surface area contributed by atoms with E-state index < -0.39 is 0 Å². The Hall–Kier alpha value is -2.36. The van der Waals surface area contributed by atoms with Crippen molar-refractivity contribution >= 4 is 49.0 Å². The molecule has 166 valence electrons. The third-order valence-corrected chi connectivity index (χ3v) is 7.31. The normalized spacial score (nSPS) is 13.8. The van der Waals surface area contributed by atoms with Crippen LogP contribution in [-0.2, 0) is 17.7 Å². The van der Waals surface area contributed by atoms with Gasteiger partial charge in [0.25, 0.3) is 0 Å². The van der Waals surface area contributed by atoms with Gasteiger partial charge in [-0.15, -0.1) is 11.3 Å². The molecule has 1 N–H and O–H groups in total. The molecule has 3 heterocycles. The van der Waals surface area contributed by atoms with Crippen molar-refractivity contribution in [3.8, 4) is 11.5 Å². The molecule has 0 spiro atoms. The number of rotatable bonds is 8. The Morgan fingerprint density at radius 2 is 2.06 bits per heavy atom. The Bertz CT molecular complexity index is 1090. The highest BCUT2D eigenvalue weighted by molar-refractivity contribution is 7.23. The van der Waals surface area contributed by atoms with Crippen LogP contribution in [-0.4, -0.2) is 49.8 Å². The molecule has 0 fully saturated rings. The standard InChI is InChI=1S/C22H27N3O4S2/c1-5-8-25-9-7-14-17(12-25)30-20(18(14)21(26)29-6-2)24-22-23-19-15(28-4)10-13(27-3)11-16(19)31-22/h10-11H,5-9,12H2,1-4H3,(H,23,24). The molecular weight excluding hydrogens is 434 g/mol. The molecule has 3 aromatic rings. The minimum atomic E-state index is -0.271. The fraction of sp³-hybridized carbons (Fsp3) is 0.455. The lowest BCUT2D eigenvalue weighted by Crippen LogP contribution is -2.30. The third-order valence-electron chi connectivity index (χ3n) is 5.26. The van der Waals surface area contributed by atoms with Gasteiger partial charge in [0, 0.05) is 24.0 Å². The number of fused-ring (bicyclic) bond motifs is 2. The van der Waals surface area contributed by atoms with Crippen LogP contribution in [0.25, 0.3) is 10.2 Å². The summed E-state index contributed by atoms with van der Waals surface area (Å²) in [6, 6.07) is 3.76. The zero-order chi connectivity index (χ0) is 22.0. The maximum absolute atomic E-state index is 12.8. The van der Waals surface area contributed by atoms with E-state index >= 15 is 0 Å². The third kappa shape index (κ3) is 4.35. The number of thiazole rings is 1. The van der Waals surface area contributed by atoms with Crippen LogP contribution in [0.3, 0.4) is 0 Å². The predicted octanol–water partition coefficient (Wildman–Crippen LogP) is 5.06. The number of esters is 1. The van der Waals surface area contributed by atoms with Gasteiger partial charge in [-0.1, -0.05) is 18.3 Å². The fourth-order valence-corrected chi connectivity index (χ4v) is 6.13. The predicted molar refractivity (Wildman–Crippen MR) is 126 cm³/mol. The van der Waals surface area contributed by atoms with Crippen LogP contribution in [0.15, 0.2) is 12.1 Å². The van der Waals surface area contributed by atoms with Crippen molar-refractivity contribution in [3.63, 3.8) is 0 Å². The maximum atomic E-state index is 12.8. The second-order valence-electron chi connectivity index (χ2n) is 7.27. The molecule has 31 heavy (non-hydrogen) atoms. The van der Waals surface area contributed by atoms with E-state index in [2.05, 4.69) is 17.1 Å². The summed E-state index contributed by atoms with van der Waals surface area (Å²) in [5.41, 5.74) is 2.53. The number of nitrogens with zero attached hydrogens (tertiary/aromatic N) is 2. The molecule has 7 nitrogen and oxygen atoms in total. The van der Waals surface area contributed by atoms with Crippen LogP contribution in [0.4, 0.5) is 10.1 Å². The molecule has 0 bridgehead atoms. The fourth-order valence-electron chi connectivity index (χ4n) is 3.87. The average Bonchev–Trinajstić information content (AvgIpc) is 3.33. The highest BCUT2D eigenvalue weighted by Gasteiger charge is 2.29. The van der Waals surface area contributed by atoms with E-state index in [0.29, 0.717) is 23.1 Å². The van der Waals surface area contributed by atoms with Gasteiger partial charge in [0.15, 0.2) is 5.13 Å². The molecule has 1 aromatic carbocycles. The minimum absolute atomic E-state index is 0.271. The molecule has 0 aliphatic carbocycles. The van der Waals surface area contributed by atoms with Crippen molar-refractivity contribution in [2.45, 2.75) is 33.2 Å². The topological polar surface area (TPSA) is 72.9 Å². The molecule has 0 saturated carbocycles. The summed E-state index contributed by atoms with van der Waals surface area (Å²) in [6.07, 6.45) is 1.97. The Kier molecular flexibility index (Phi) is 6.64. The molecule has 0 saturated heterocycles. The molecule has 1 aliphatic rings. The van der Waals surface area contributed by atoms with E-state index in [-0.39, 0.29) is 5.97 Å². The summed E-state index contributed by atoms with van der Waals surface area (Å²) in [5, 5.41) is 4.91. The number of methoxy groups -OCH3 is 2. The number of anilines is 2. The van der Waals surface area contributed by atoms with Gasteiger partial charge >= 0.3 is 5.97 Å². The molecule has 0 unspecified atom stereocenters. The van der Waals surface area contributed by atoms with Gasteiger partial charge in [-0.25, -0.2) is 9.78 Å². The summed E-state index contributed by atoms with van der Waals surface area (Å²) in [7, 11) is 3.25. The number of ether oxygens (including phenoxy) is 3. The van der Waals surface area contributed by atoms with Crippen molar-refractivity contribution < 1.29 is 19.0 Å². The van der Waals surface area contributed by atoms with E-state index in [1.54, 1.807) is 25.6 Å². The van der Waals surface area contributed by atoms with E-state index in [1.165, 1.54) is 16.2 Å². The first-order valence-corrected chi connectivity index (χ1v) is 12.0. The van der Waals surface area contributed by atoms with Crippen LogP contribution in [0.2, 0.25) is 0 Å². The quantitative estimate of drug-likeness (QED) is 0.470. The molecular formula is C22H27N3O4S2. The van der Waals surface area contributed by atoms with Crippen LogP contribution < -0.4 is 14.8 Å². The summed E-state index contributed by atoms with van der Waals surface area (Å²) >= 11 is 3.13. The van der Waals surface area contributed by atoms with E-state index in [9.17, 15) is 4.79 Å². The molecule has 2 aromatic heterocycles. The van der Waals surface area contributed by atoms with Gasteiger partial charge in [0.05, 0.1) is 31.1 Å². The lowest BCUT2D eigenvalue weighted by molar-refractivity contribution is 0.0526. The van der Waals surface area contributed by atoms with Crippen molar-refractivity contribution in [2.75, 3.05) is 39.2 Å². The summed E-state index contributed by atoms with van der Waals surface area (Å²) in [4.78, 5) is 21.2. The maximum Gasteiger partial charge on any atom is 0.341 e. The Morgan fingerprint density at radius 1 is 1.23 bits per heavy atom. The second kappa shape index (κ2) is 9.42. The Balaban J connectivity index is 1.71. The zero-order valence-electron chi connectivity index (χ0n) is 18.2. The molecule has 0 atom stereocenters. The minimum Gasteiger partial charge on any atom is -0.497 e. The van der Waals surface area contributed by atoms with Gasteiger partial charge in [-0.3, -0.25) is 4.90 Å². The van der Waals surface area contributed by atoms with E-state index in [1.807, 2.05) is 19.1 Å². The molecule has 0 amide bonds. The van der Waals surface area contributed by atoms with Crippen molar-refractivity contribution in [1.29, 1.82) is 0 Å². The lowest BCUT2D eigenvalue weighted by atomic mass is 10.0. The smallest absolute Gasteiger partial charge is 0.341 e. The summed E-state index contributed by atoms with van der Waals surface area (Å²) in [6.45, 7) is 7.27. The Labute approximate surface area is 189 Å². The lowest BCUT2D eigenvalue weighted by Gasteiger charge is -2.26. The van der Waals surface area contributed by atoms with Crippen LogP contribution >= 0.6 is 22.7 Å².